The van der Waals surface area contributed by atoms with Crippen molar-refractivity contribution >= 4 is 39.3 Å². The molecule has 0 spiro atoms. The number of aromatic hydroxyl groups is 1. The van der Waals surface area contributed by atoms with Crippen LogP contribution in [0.15, 0.2) is 30.5 Å². The molecule has 4 fully saturated rings. The standard InChI is InChI=1S/C35H36F2N6O2S/c1-3-25-28(36)9-6-20-12-23(44)13-26(29(20)25)31-30(37)32-27(15-38-31)33(42-16-21-7-8-22(17-42)39-21)41-34(40-32)45-19-35-10-5-11-43(35)18-24(14-35)46-4-2/h1,6,9,12-13,15,21-22,24,39,44H,4-5,7-8,10-11,14,16-19H2,2H3/t21?,22?,24-,35-/m1/s1. The molecule has 4 atom stereocenters. The van der Waals surface area contributed by atoms with Crippen molar-refractivity contribution in [3.05, 3.63) is 47.7 Å². The summed E-state index contributed by atoms with van der Waals surface area (Å²) in [4.78, 5) is 18.9. The number of pyridine rings is 1. The molecule has 0 aliphatic carbocycles. The number of piperazine rings is 1. The molecule has 6 heterocycles. The van der Waals surface area contributed by atoms with Gasteiger partial charge in [0.25, 0.3) is 0 Å². The van der Waals surface area contributed by atoms with Crippen molar-refractivity contribution in [2.24, 2.45) is 0 Å². The highest BCUT2D eigenvalue weighted by atomic mass is 32.2. The second kappa shape index (κ2) is 11.5. The Morgan fingerprint density at radius 1 is 1.17 bits per heavy atom. The van der Waals surface area contributed by atoms with E-state index in [1.54, 1.807) is 6.20 Å². The molecule has 2 aromatic carbocycles. The van der Waals surface area contributed by atoms with Gasteiger partial charge in [-0.05, 0) is 68.0 Å². The second-order valence-electron chi connectivity index (χ2n) is 13.1. The van der Waals surface area contributed by atoms with Crippen LogP contribution >= 0.6 is 11.8 Å². The lowest BCUT2D eigenvalue weighted by molar-refractivity contribution is 0.108. The molecule has 2 N–H and O–H groups in total. The molecular formula is C35H36F2N6O2S. The summed E-state index contributed by atoms with van der Waals surface area (Å²) in [7, 11) is 0. The quantitative estimate of drug-likeness (QED) is 0.254. The molecule has 2 bridgehead atoms. The molecule has 8 nitrogen and oxygen atoms in total. The van der Waals surface area contributed by atoms with Crippen LogP contribution in [0.5, 0.6) is 11.8 Å². The molecule has 2 unspecified atom stereocenters. The Morgan fingerprint density at radius 3 is 2.78 bits per heavy atom. The Morgan fingerprint density at radius 2 is 2.00 bits per heavy atom. The van der Waals surface area contributed by atoms with Crippen LogP contribution in [0.25, 0.3) is 32.9 Å². The molecule has 2 aromatic heterocycles. The van der Waals surface area contributed by atoms with Crippen LogP contribution in [0.1, 0.15) is 44.6 Å². The van der Waals surface area contributed by atoms with Crippen molar-refractivity contribution in [3.8, 4) is 35.4 Å². The summed E-state index contributed by atoms with van der Waals surface area (Å²) in [6.45, 7) is 6.22. The summed E-state index contributed by atoms with van der Waals surface area (Å²) < 4.78 is 38.2. The number of thioether (sulfide) groups is 1. The van der Waals surface area contributed by atoms with Crippen LogP contribution < -0.4 is 15.0 Å². The topological polar surface area (TPSA) is 86.6 Å². The first-order chi connectivity index (χ1) is 22.4. The van der Waals surface area contributed by atoms with E-state index in [0.29, 0.717) is 45.9 Å². The van der Waals surface area contributed by atoms with Crippen LogP contribution in [0.3, 0.4) is 0 Å². The van der Waals surface area contributed by atoms with Gasteiger partial charge in [0.05, 0.1) is 16.5 Å². The number of anilines is 1. The Hall–Kier alpha value is -3.72. The van der Waals surface area contributed by atoms with Gasteiger partial charge in [0.1, 0.15) is 35.2 Å². The fourth-order valence-corrected chi connectivity index (χ4v) is 9.44. The second-order valence-corrected chi connectivity index (χ2v) is 14.6. The summed E-state index contributed by atoms with van der Waals surface area (Å²) in [5.74, 6) is 2.66. The summed E-state index contributed by atoms with van der Waals surface area (Å²) in [5.41, 5.74) is 0.0851. The zero-order valence-electron chi connectivity index (χ0n) is 25.7. The molecule has 238 valence electrons. The highest BCUT2D eigenvalue weighted by Crippen LogP contribution is 2.44. The van der Waals surface area contributed by atoms with Gasteiger partial charge in [-0.3, -0.25) is 9.88 Å². The average molecular weight is 643 g/mol. The predicted octanol–water partition coefficient (Wildman–Crippen LogP) is 5.49. The van der Waals surface area contributed by atoms with Gasteiger partial charge in [-0.15, -0.1) is 6.42 Å². The number of aromatic nitrogens is 3. The van der Waals surface area contributed by atoms with Crippen LogP contribution in [0, 0.1) is 24.0 Å². The predicted molar refractivity (Wildman–Crippen MR) is 178 cm³/mol. The number of phenols is 1. The van der Waals surface area contributed by atoms with E-state index >= 15 is 4.39 Å². The number of nitrogens with zero attached hydrogens (tertiary/aromatic N) is 5. The largest absolute Gasteiger partial charge is 0.508 e. The number of ether oxygens (including phenoxy) is 1. The van der Waals surface area contributed by atoms with Crippen LogP contribution in [0.4, 0.5) is 14.6 Å². The van der Waals surface area contributed by atoms with Crippen molar-refractivity contribution in [3.63, 3.8) is 0 Å². The van der Waals surface area contributed by atoms with Crippen LogP contribution in [-0.4, -0.2) is 86.4 Å². The van der Waals surface area contributed by atoms with E-state index in [1.807, 2.05) is 11.8 Å². The number of nitrogens with one attached hydrogen (secondary N) is 1. The lowest BCUT2D eigenvalue weighted by Crippen LogP contribution is -2.51. The van der Waals surface area contributed by atoms with E-state index < -0.39 is 11.6 Å². The van der Waals surface area contributed by atoms with Crippen molar-refractivity contribution < 1.29 is 18.6 Å². The van der Waals surface area contributed by atoms with Crippen LogP contribution in [-0.2, 0) is 0 Å². The Kier molecular flexibility index (Phi) is 7.42. The van der Waals surface area contributed by atoms with Crippen molar-refractivity contribution in [1.82, 2.24) is 25.2 Å². The molecule has 0 saturated carbocycles. The van der Waals surface area contributed by atoms with E-state index in [9.17, 15) is 9.50 Å². The van der Waals surface area contributed by atoms with Crippen molar-refractivity contribution in [2.75, 3.05) is 43.4 Å². The number of benzene rings is 2. The van der Waals surface area contributed by atoms with Crippen molar-refractivity contribution in [2.45, 2.75) is 61.9 Å². The summed E-state index contributed by atoms with van der Waals surface area (Å²) >= 11 is 2.00. The Balaban J connectivity index is 1.25. The van der Waals surface area contributed by atoms with Gasteiger partial charge in [-0.1, -0.05) is 18.9 Å². The maximum atomic E-state index is 16.9. The van der Waals surface area contributed by atoms with E-state index in [4.69, 9.17) is 16.1 Å². The monoisotopic (exact) mass is 642 g/mol. The third kappa shape index (κ3) is 4.93. The fraction of sp³-hybridized carbons (Fsp3) is 0.457. The number of hydrogen-bond acceptors (Lipinski definition) is 9. The Labute approximate surface area is 270 Å². The van der Waals surface area contributed by atoms with Crippen molar-refractivity contribution in [1.29, 1.82) is 0 Å². The van der Waals surface area contributed by atoms with E-state index in [2.05, 4.69) is 37.9 Å². The number of hydrogen-bond donors (Lipinski definition) is 2. The zero-order chi connectivity index (χ0) is 31.6. The third-order valence-corrected chi connectivity index (χ3v) is 11.4. The number of halogens is 2. The third-order valence-electron chi connectivity index (χ3n) is 10.3. The first-order valence-electron chi connectivity index (χ1n) is 16.1. The van der Waals surface area contributed by atoms with Gasteiger partial charge in [0.15, 0.2) is 5.82 Å². The summed E-state index contributed by atoms with van der Waals surface area (Å²) in [6.07, 6.45) is 12.7. The highest BCUT2D eigenvalue weighted by Gasteiger charge is 2.49. The van der Waals surface area contributed by atoms with Gasteiger partial charge in [-0.2, -0.15) is 21.7 Å². The molecule has 11 heteroatoms. The molecular weight excluding hydrogens is 606 g/mol. The lowest BCUT2D eigenvalue weighted by atomic mass is 9.95. The SMILES string of the molecule is C#Cc1c(F)ccc2cc(O)cc(-c3ncc4c(N5CC6CCC(C5)N6)nc(OC[C@]56CCCN5C[C@H](SCC)C6)nc4c3F)c12. The molecule has 0 amide bonds. The van der Waals surface area contributed by atoms with E-state index in [1.165, 1.54) is 24.3 Å². The molecule has 4 saturated heterocycles. The van der Waals surface area contributed by atoms with Crippen LogP contribution in [0.2, 0.25) is 0 Å². The fourth-order valence-electron chi connectivity index (χ4n) is 8.25. The number of rotatable bonds is 7. The average Bonchev–Trinajstić information content (AvgIpc) is 3.71. The normalized spacial score (nSPS) is 25.8. The number of phenolic OH excluding ortho intramolecular Hbond substituents is 1. The number of terminal acetylenes is 1. The molecule has 4 aromatic rings. The summed E-state index contributed by atoms with van der Waals surface area (Å²) in [5, 5.41) is 16.0. The highest BCUT2D eigenvalue weighted by molar-refractivity contribution is 7.99. The Bertz CT molecular complexity index is 1890. The molecule has 8 rings (SSSR count). The lowest BCUT2D eigenvalue weighted by Gasteiger charge is -2.34. The zero-order valence-corrected chi connectivity index (χ0v) is 26.5. The number of fused-ring (bicyclic) bond motifs is 5. The van der Waals surface area contributed by atoms with Gasteiger partial charge in [-0.25, -0.2) is 8.78 Å². The van der Waals surface area contributed by atoms with Gasteiger partial charge in [0, 0.05) is 54.1 Å². The maximum Gasteiger partial charge on any atom is 0.319 e. The van der Waals surface area contributed by atoms with E-state index in [-0.39, 0.29) is 39.6 Å². The molecule has 46 heavy (non-hydrogen) atoms. The smallest absolute Gasteiger partial charge is 0.319 e. The molecule has 0 radical (unpaired) electrons. The van der Waals surface area contributed by atoms with Gasteiger partial charge >= 0.3 is 6.01 Å². The minimum atomic E-state index is -0.704. The first kappa shape index (κ1) is 29.7. The minimum Gasteiger partial charge on any atom is -0.508 e. The van der Waals surface area contributed by atoms with Gasteiger partial charge in [0.2, 0.25) is 0 Å². The maximum absolute atomic E-state index is 16.9. The molecule has 4 aliphatic heterocycles. The van der Waals surface area contributed by atoms with E-state index in [0.717, 1.165) is 64.0 Å². The first-order valence-corrected chi connectivity index (χ1v) is 17.2. The van der Waals surface area contributed by atoms with Gasteiger partial charge < -0.3 is 20.1 Å². The summed E-state index contributed by atoms with van der Waals surface area (Å²) in [6, 6.07) is 6.39. The molecule has 4 aliphatic rings. The minimum absolute atomic E-state index is 0.0195.